The number of Topliss-reactive ketones (excluding diaryl/α,β-unsaturated/α-hetero) is 1. The van der Waals surface area contributed by atoms with Gasteiger partial charge in [0, 0.05) is 24.1 Å². The van der Waals surface area contributed by atoms with Gasteiger partial charge in [0.1, 0.15) is 5.75 Å². The number of ether oxygens (including phenoxy) is 4. The lowest BCUT2D eigenvalue weighted by Crippen LogP contribution is -2.39. The smallest absolute Gasteiger partial charge is 0.228 e. The number of anilines is 2. The number of hydrogen-bond acceptors (Lipinski definition) is 7. The molecule has 3 aromatic carbocycles. The second kappa shape index (κ2) is 12.2. The lowest BCUT2D eigenvalue weighted by atomic mass is 9.78. The highest BCUT2D eigenvalue weighted by Crippen LogP contribution is 2.50. The topological polar surface area (TPSA) is 86.3 Å². The minimum Gasteiger partial charge on any atom is -0.497 e. The zero-order valence-corrected chi connectivity index (χ0v) is 25.0. The van der Waals surface area contributed by atoms with Gasteiger partial charge in [-0.2, -0.15) is 0 Å². The van der Waals surface area contributed by atoms with E-state index in [4.69, 9.17) is 18.9 Å². The first-order valence-corrected chi connectivity index (χ1v) is 14.2. The summed E-state index contributed by atoms with van der Waals surface area (Å²) in [6.45, 7) is 4.04. The van der Waals surface area contributed by atoms with Crippen LogP contribution in [0, 0.1) is 5.92 Å². The molecule has 0 unspecified atom stereocenters. The van der Waals surface area contributed by atoms with Gasteiger partial charge in [0.25, 0.3) is 0 Å². The molecular weight excluding hydrogens is 532 g/mol. The quantitative estimate of drug-likeness (QED) is 0.324. The molecule has 0 aromatic heterocycles. The van der Waals surface area contributed by atoms with Crippen LogP contribution in [0.25, 0.3) is 0 Å². The SMILES string of the molecule is COc1ccc([C@@H]2CC(=O)C3=C(C2)Nc2ccccc2N(C(=O)CC(C)C)[C@@H]3c2cc(OC)c(OC)c(OC)c2)cc1. The highest BCUT2D eigenvalue weighted by molar-refractivity contribution is 6.06. The average molecular weight is 571 g/mol. The predicted molar refractivity (Wildman–Crippen MR) is 163 cm³/mol. The van der Waals surface area contributed by atoms with Gasteiger partial charge in [-0.05, 0) is 65.8 Å². The maximum Gasteiger partial charge on any atom is 0.228 e. The van der Waals surface area contributed by atoms with Crippen molar-refractivity contribution in [2.75, 3.05) is 38.7 Å². The van der Waals surface area contributed by atoms with Crippen LogP contribution in [-0.4, -0.2) is 40.1 Å². The number of benzene rings is 3. The van der Waals surface area contributed by atoms with Crippen LogP contribution >= 0.6 is 0 Å². The molecule has 1 N–H and O–H groups in total. The van der Waals surface area contributed by atoms with Crippen molar-refractivity contribution in [3.8, 4) is 23.0 Å². The van der Waals surface area contributed by atoms with E-state index in [1.54, 1.807) is 33.3 Å². The van der Waals surface area contributed by atoms with Crippen molar-refractivity contribution in [2.45, 2.75) is 45.1 Å². The Morgan fingerprint density at radius 2 is 1.55 bits per heavy atom. The second-order valence-corrected chi connectivity index (χ2v) is 11.1. The summed E-state index contributed by atoms with van der Waals surface area (Å²) in [5, 5.41) is 3.58. The minimum absolute atomic E-state index is 0.0153. The zero-order chi connectivity index (χ0) is 30.0. The number of nitrogens with zero attached hydrogens (tertiary/aromatic N) is 1. The van der Waals surface area contributed by atoms with Gasteiger partial charge in [-0.15, -0.1) is 0 Å². The molecule has 1 amide bonds. The van der Waals surface area contributed by atoms with E-state index in [1.807, 2.05) is 74.5 Å². The number of methoxy groups -OCH3 is 4. The van der Waals surface area contributed by atoms with Crippen LogP contribution < -0.4 is 29.2 Å². The molecule has 1 heterocycles. The molecule has 2 aliphatic rings. The van der Waals surface area contributed by atoms with E-state index >= 15 is 0 Å². The first-order valence-electron chi connectivity index (χ1n) is 14.2. The Kier molecular flexibility index (Phi) is 8.43. The van der Waals surface area contributed by atoms with E-state index in [2.05, 4.69) is 5.32 Å². The van der Waals surface area contributed by atoms with Crippen LogP contribution in [0.4, 0.5) is 11.4 Å². The standard InChI is InChI=1S/C34H38N2O6/c1-20(2)15-31(38)36-27-10-8-7-9-25(27)35-26-16-22(21-11-13-24(39-3)14-12-21)17-28(37)32(26)33(36)23-18-29(40-4)34(42-6)30(19-23)41-5/h7-14,18-20,22,33,35H,15-17H2,1-6H3/t22-,33+/m0/s1. The predicted octanol–water partition coefficient (Wildman–Crippen LogP) is 6.67. The number of carbonyl (C=O) groups excluding carboxylic acids is 2. The molecular formula is C34H38N2O6. The van der Waals surface area contributed by atoms with Gasteiger partial charge < -0.3 is 24.3 Å². The van der Waals surface area contributed by atoms with Gasteiger partial charge in [-0.25, -0.2) is 0 Å². The van der Waals surface area contributed by atoms with Gasteiger partial charge in [0.05, 0.1) is 45.9 Å². The summed E-state index contributed by atoms with van der Waals surface area (Å²) in [7, 11) is 6.30. The number of carbonyl (C=O) groups is 2. The van der Waals surface area contributed by atoms with Gasteiger partial charge >= 0.3 is 0 Å². The van der Waals surface area contributed by atoms with Crippen LogP contribution in [0.1, 0.15) is 56.2 Å². The third kappa shape index (κ3) is 5.41. The molecule has 0 radical (unpaired) electrons. The monoisotopic (exact) mass is 570 g/mol. The highest BCUT2D eigenvalue weighted by atomic mass is 16.5. The first kappa shape index (κ1) is 29.0. The number of rotatable bonds is 8. The van der Waals surface area contributed by atoms with E-state index < -0.39 is 6.04 Å². The van der Waals surface area contributed by atoms with Gasteiger partial charge in [0.15, 0.2) is 17.3 Å². The van der Waals surface area contributed by atoms with Crippen molar-refractivity contribution >= 4 is 23.1 Å². The first-order chi connectivity index (χ1) is 20.3. The van der Waals surface area contributed by atoms with Crippen LogP contribution in [0.2, 0.25) is 0 Å². The largest absolute Gasteiger partial charge is 0.497 e. The fourth-order valence-electron chi connectivity index (χ4n) is 6.00. The summed E-state index contributed by atoms with van der Waals surface area (Å²) < 4.78 is 22.3. The molecule has 0 fully saturated rings. The average Bonchev–Trinajstić information content (AvgIpc) is 3.14. The Morgan fingerprint density at radius 3 is 2.14 bits per heavy atom. The van der Waals surface area contributed by atoms with Crippen LogP contribution in [0.5, 0.6) is 23.0 Å². The maximum absolute atomic E-state index is 14.3. The fourth-order valence-corrected chi connectivity index (χ4v) is 6.00. The lowest BCUT2D eigenvalue weighted by molar-refractivity contribution is -0.119. The van der Waals surface area contributed by atoms with Gasteiger partial charge in [-0.1, -0.05) is 38.1 Å². The van der Waals surface area contributed by atoms with Gasteiger partial charge in [-0.3, -0.25) is 14.5 Å². The Labute approximate surface area is 247 Å². The van der Waals surface area contributed by atoms with E-state index in [9.17, 15) is 9.59 Å². The van der Waals surface area contributed by atoms with Crippen molar-refractivity contribution in [2.24, 2.45) is 5.92 Å². The highest BCUT2D eigenvalue weighted by Gasteiger charge is 2.42. The fraction of sp³-hybridized carbons (Fsp3) is 0.353. The number of nitrogens with one attached hydrogen (secondary N) is 1. The van der Waals surface area contributed by atoms with E-state index in [0.717, 1.165) is 22.7 Å². The number of hydrogen-bond donors (Lipinski definition) is 1. The molecule has 42 heavy (non-hydrogen) atoms. The van der Waals surface area contributed by atoms with Crippen LogP contribution in [0.3, 0.4) is 0 Å². The summed E-state index contributed by atoms with van der Waals surface area (Å²) in [6, 6.07) is 18.6. The molecule has 8 heteroatoms. The molecule has 1 aliphatic carbocycles. The van der Waals surface area contributed by atoms with Crippen molar-refractivity contribution < 1.29 is 28.5 Å². The Hall–Kier alpha value is -4.46. The van der Waals surface area contributed by atoms with Gasteiger partial charge in [0.2, 0.25) is 11.7 Å². The third-order valence-electron chi connectivity index (χ3n) is 7.93. The molecule has 3 aromatic rings. The summed E-state index contributed by atoms with van der Waals surface area (Å²) in [5.41, 5.74) is 4.63. The lowest BCUT2D eigenvalue weighted by Gasteiger charge is -2.36. The third-order valence-corrected chi connectivity index (χ3v) is 7.93. The Balaban J connectivity index is 1.74. The number of fused-ring (bicyclic) bond motifs is 1. The van der Waals surface area contributed by atoms with Crippen molar-refractivity contribution in [1.29, 1.82) is 0 Å². The normalized spacial score (nSPS) is 18.1. The second-order valence-electron chi connectivity index (χ2n) is 11.1. The van der Waals surface area contributed by atoms with E-state index in [-0.39, 0.29) is 23.5 Å². The molecule has 2 atom stereocenters. The van der Waals surface area contributed by atoms with Crippen molar-refractivity contribution in [3.63, 3.8) is 0 Å². The number of amides is 1. The molecule has 8 nitrogen and oxygen atoms in total. The molecule has 0 saturated heterocycles. The summed E-state index contributed by atoms with van der Waals surface area (Å²) in [5.74, 6) is 2.13. The number of para-hydroxylation sites is 2. The van der Waals surface area contributed by atoms with E-state index in [1.165, 1.54) is 0 Å². The number of ketones is 1. The Morgan fingerprint density at radius 1 is 0.881 bits per heavy atom. The van der Waals surface area contributed by atoms with E-state index in [0.29, 0.717) is 53.3 Å². The summed E-state index contributed by atoms with van der Waals surface area (Å²) in [6.07, 6.45) is 1.24. The molecule has 1 aliphatic heterocycles. The molecule has 0 bridgehead atoms. The summed E-state index contributed by atoms with van der Waals surface area (Å²) >= 11 is 0. The van der Waals surface area contributed by atoms with Crippen LogP contribution in [-0.2, 0) is 9.59 Å². The zero-order valence-electron chi connectivity index (χ0n) is 25.0. The van der Waals surface area contributed by atoms with Crippen LogP contribution in [0.15, 0.2) is 71.9 Å². The minimum atomic E-state index is -0.708. The number of allylic oxidation sites excluding steroid dienone is 1. The molecule has 0 spiro atoms. The summed E-state index contributed by atoms with van der Waals surface area (Å²) in [4.78, 5) is 30.2. The maximum atomic E-state index is 14.3. The molecule has 0 saturated carbocycles. The molecule has 220 valence electrons. The Bertz CT molecular complexity index is 1490. The van der Waals surface area contributed by atoms with Crippen molar-refractivity contribution in [1.82, 2.24) is 0 Å². The van der Waals surface area contributed by atoms with Crippen molar-refractivity contribution in [3.05, 3.63) is 83.1 Å². The molecule has 5 rings (SSSR count).